The monoisotopic (exact) mass is 365 g/mol. The van der Waals surface area contributed by atoms with Crippen molar-refractivity contribution in [3.8, 4) is 11.5 Å². The quantitative estimate of drug-likeness (QED) is 0.879. The van der Waals surface area contributed by atoms with Crippen molar-refractivity contribution in [1.29, 1.82) is 0 Å². The Balaban J connectivity index is 2.00. The number of carboxylic acids is 1. The molecule has 1 aliphatic heterocycles. The molecule has 0 atom stereocenters. The van der Waals surface area contributed by atoms with Gasteiger partial charge in [0, 0.05) is 31.5 Å². The lowest BCUT2D eigenvalue weighted by Crippen LogP contribution is -2.44. The van der Waals surface area contributed by atoms with Gasteiger partial charge in [-0.2, -0.15) is 0 Å². The second-order valence-corrected chi connectivity index (χ2v) is 7.36. The maximum Gasteiger partial charge on any atom is 0.410 e. The lowest BCUT2D eigenvalue weighted by Gasteiger charge is -2.33. The molecule has 26 heavy (non-hydrogen) atoms. The molecule has 0 spiro atoms. The molecule has 7 heteroatoms. The Bertz CT molecular complexity index is 671. The zero-order valence-electron chi connectivity index (χ0n) is 16.0. The maximum atomic E-state index is 12.1. The van der Waals surface area contributed by atoms with Crippen LogP contribution < -0.4 is 9.47 Å². The topological polar surface area (TPSA) is 85.3 Å². The molecule has 7 nitrogen and oxygen atoms in total. The van der Waals surface area contributed by atoms with E-state index in [1.165, 1.54) is 13.2 Å². The number of carboxylic acid groups (broad SMARTS) is 1. The largest absolute Gasteiger partial charge is 0.495 e. The minimum atomic E-state index is -1.04. The highest BCUT2D eigenvalue weighted by atomic mass is 16.6. The van der Waals surface area contributed by atoms with Gasteiger partial charge in [0.05, 0.1) is 7.11 Å². The molecule has 0 radical (unpaired) electrons. The standard InChI is InChI=1S/C19H27NO6/c1-12-15(7-6-14(17(21)22)16(12)24-5)25-13-8-10-20(11-9-13)18(23)26-19(2,3)4/h6-7,13H,8-11H2,1-5H3,(H,21,22). The number of ether oxygens (including phenoxy) is 3. The van der Waals surface area contributed by atoms with Crippen molar-refractivity contribution in [1.82, 2.24) is 4.90 Å². The molecule has 0 bridgehead atoms. The number of hydrogen-bond donors (Lipinski definition) is 1. The lowest BCUT2D eigenvalue weighted by molar-refractivity contribution is 0.0126. The van der Waals surface area contributed by atoms with Gasteiger partial charge in [-0.1, -0.05) is 0 Å². The summed E-state index contributed by atoms with van der Waals surface area (Å²) in [6.45, 7) is 8.43. The van der Waals surface area contributed by atoms with Gasteiger partial charge in [-0.15, -0.1) is 0 Å². The van der Waals surface area contributed by atoms with Gasteiger partial charge in [0.2, 0.25) is 0 Å². The fraction of sp³-hybridized carbons (Fsp3) is 0.579. The summed E-state index contributed by atoms with van der Waals surface area (Å²) in [7, 11) is 1.44. The van der Waals surface area contributed by atoms with E-state index in [0.717, 1.165) is 0 Å². The first-order valence-electron chi connectivity index (χ1n) is 8.68. The summed E-state index contributed by atoms with van der Waals surface area (Å²) in [6, 6.07) is 3.14. The molecule has 0 saturated carbocycles. The van der Waals surface area contributed by atoms with Crippen LogP contribution in [-0.2, 0) is 4.74 Å². The number of hydrogen-bond acceptors (Lipinski definition) is 5. The third-order valence-corrected chi connectivity index (χ3v) is 4.18. The van der Waals surface area contributed by atoms with Crippen LogP contribution in [0.3, 0.4) is 0 Å². The average Bonchev–Trinajstić information content (AvgIpc) is 2.55. The Hall–Kier alpha value is -2.44. The summed E-state index contributed by atoms with van der Waals surface area (Å²) >= 11 is 0. The predicted molar refractivity (Wildman–Crippen MR) is 96.1 cm³/mol. The van der Waals surface area contributed by atoms with Crippen LogP contribution in [0.4, 0.5) is 4.79 Å². The van der Waals surface area contributed by atoms with Crippen LogP contribution in [0.5, 0.6) is 11.5 Å². The zero-order chi connectivity index (χ0) is 19.5. The number of nitrogens with zero attached hydrogens (tertiary/aromatic N) is 1. The van der Waals surface area contributed by atoms with Gasteiger partial charge in [-0.05, 0) is 39.8 Å². The van der Waals surface area contributed by atoms with E-state index in [1.54, 1.807) is 17.9 Å². The molecule has 0 aromatic heterocycles. The molecule has 2 rings (SSSR count). The van der Waals surface area contributed by atoms with E-state index in [-0.39, 0.29) is 17.8 Å². The van der Waals surface area contributed by atoms with Crippen molar-refractivity contribution in [2.24, 2.45) is 0 Å². The van der Waals surface area contributed by atoms with Gasteiger partial charge in [-0.3, -0.25) is 0 Å². The van der Waals surface area contributed by atoms with Crippen molar-refractivity contribution in [2.45, 2.75) is 52.2 Å². The molecule has 144 valence electrons. The Morgan fingerprint density at radius 3 is 2.31 bits per heavy atom. The molecule has 1 N–H and O–H groups in total. The number of methoxy groups -OCH3 is 1. The van der Waals surface area contributed by atoms with Gasteiger partial charge in [0.25, 0.3) is 0 Å². The first-order valence-corrected chi connectivity index (χ1v) is 8.68. The molecule has 1 aliphatic rings. The van der Waals surface area contributed by atoms with E-state index in [9.17, 15) is 14.7 Å². The third kappa shape index (κ3) is 4.80. The summed E-state index contributed by atoms with van der Waals surface area (Å²) in [4.78, 5) is 25.1. The number of carbonyl (C=O) groups excluding carboxylic acids is 1. The van der Waals surface area contributed by atoms with Crippen molar-refractivity contribution in [2.75, 3.05) is 20.2 Å². The van der Waals surface area contributed by atoms with Crippen LogP contribution in [0.1, 0.15) is 49.5 Å². The third-order valence-electron chi connectivity index (χ3n) is 4.18. The van der Waals surface area contributed by atoms with E-state index in [2.05, 4.69) is 0 Å². The minimum absolute atomic E-state index is 0.0484. The van der Waals surface area contributed by atoms with Gasteiger partial charge >= 0.3 is 12.1 Å². The van der Waals surface area contributed by atoms with Crippen LogP contribution in [0.15, 0.2) is 12.1 Å². The molecular formula is C19H27NO6. The number of amides is 1. The van der Waals surface area contributed by atoms with Gasteiger partial charge in [0.15, 0.2) is 0 Å². The summed E-state index contributed by atoms with van der Waals surface area (Å²) in [5.74, 6) is -0.133. The van der Waals surface area contributed by atoms with Gasteiger partial charge in [-0.25, -0.2) is 9.59 Å². The predicted octanol–water partition coefficient (Wildman–Crippen LogP) is 3.48. The van der Waals surface area contributed by atoms with E-state index in [0.29, 0.717) is 43.0 Å². The number of piperidine rings is 1. The fourth-order valence-electron chi connectivity index (χ4n) is 2.90. The second kappa shape index (κ2) is 7.85. The number of rotatable bonds is 4. The molecule has 1 aromatic carbocycles. The van der Waals surface area contributed by atoms with Crippen molar-refractivity contribution >= 4 is 12.1 Å². The van der Waals surface area contributed by atoms with Crippen molar-refractivity contribution < 1.29 is 28.9 Å². The molecule has 1 heterocycles. The Labute approximate surface area is 153 Å². The molecular weight excluding hydrogens is 338 g/mol. The van der Waals surface area contributed by atoms with Crippen LogP contribution in [0.25, 0.3) is 0 Å². The second-order valence-electron chi connectivity index (χ2n) is 7.36. The highest BCUT2D eigenvalue weighted by Gasteiger charge is 2.28. The zero-order valence-corrected chi connectivity index (χ0v) is 16.0. The Morgan fingerprint density at radius 1 is 1.19 bits per heavy atom. The van der Waals surface area contributed by atoms with Crippen molar-refractivity contribution in [3.63, 3.8) is 0 Å². The highest BCUT2D eigenvalue weighted by molar-refractivity contribution is 5.91. The fourth-order valence-corrected chi connectivity index (χ4v) is 2.90. The molecule has 1 fully saturated rings. The molecule has 0 unspecified atom stereocenters. The number of benzene rings is 1. The average molecular weight is 365 g/mol. The van der Waals surface area contributed by atoms with E-state index in [4.69, 9.17) is 14.2 Å². The molecule has 0 aliphatic carbocycles. The van der Waals surface area contributed by atoms with Crippen LogP contribution in [0.2, 0.25) is 0 Å². The number of carbonyl (C=O) groups is 2. The first kappa shape index (κ1) is 19.9. The van der Waals surface area contributed by atoms with E-state index >= 15 is 0 Å². The Kier molecular flexibility index (Phi) is 6.00. The molecule has 1 aromatic rings. The van der Waals surface area contributed by atoms with E-state index < -0.39 is 11.6 Å². The summed E-state index contributed by atoms with van der Waals surface area (Å²) in [6.07, 6.45) is 1.01. The number of likely N-dealkylation sites (tertiary alicyclic amines) is 1. The minimum Gasteiger partial charge on any atom is -0.495 e. The summed E-state index contributed by atoms with van der Waals surface area (Å²) < 4.78 is 16.7. The SMILES string of the molecule is COc1c(C(=O)O)ccc(OC2CCN(C(=O)OC(C)(C)C)CC2)c1C. The maximum absolute atomic E-state index is 12.1. The first-order chi connectivity index (χ1) is 12.1. The smallest absolute Gasteiger partial charge is 0.410 e. The lowest BCUT2D eigenvalue weighted by atomic mass is 10.1. The van der Waals surface area contributed by atoms with Crippen LogP contribution >= 0.6 is 0 Å². The van der Waals surface area contributed by atoms with Gasteiger partial charge < -0.3 is 24.2 Å². The normalized spacial score (nSPS) is 15.5. The van der Waals surface area contributed by atoms with Crippen molar-refractivity contribution in [3.05, 3.63) is 23.3 Å². The summed E-state index contributed by atoms with van der Waals surface area (Å²) in [5, 5.41) is 9.23. The summed E-state index contributed by atoms with van der Waals surface area (Å²) in [5.41, 5.74) is 0.253. The molecule has 1 amide bonds. The van der Waals surface area contributed by atoms with Gasteiger partial charge in [0.1, 0.15) is 28.8 Å². The highest BCUT2D eigenvalue weighted by Crippen LogP contribution is 2.33. The number of aromatic carboxylic acids is 1. The Morgan fingerprint density at radius 2 is 1.81 bits per heavy atom. The molecule has 1 saturated heterocycles. The van der Waals surface area contributed by atoms with Crippen LogP contribution in [0, 0.1) is 6.92 Å². The van der Waals surface area contributed by atoms with Crippen LogP contribution in [-0.4, -0.2) is 54.0 Å². The van der Waals surface area contributed by atoms with E-state index in [1.807, 2.05) is 20.8 Å².